The second-order valence-electron chi connectivity index (χ2n) is 2.92. The third kappa shape index (κ3) is 4.81. The fourth-order valence-electron chi connectivity index (χ4n) is 1.04. The summed E-state index contributed by atoms with van der Waals surface area (Å²) in [5, 5.41) is 3.00. The van der Waals surface area contributed by atoms with Crippen LogP contribution in [0.2, 0.25) is 0 Å². The zero-order valence-corrected chi connectivity index (χ0v) is 8.64. The highest BCUT2D eigenvalue weighted by atomic mass is 16.5. The highest BCUT2D eigenvalue weighted by molar-refractivity contribution is 5.81. The monoisotopic (exact) mass is 206 g/mol. The molecular formula is C11H14N2O2. The summed E-state index contributed by atoms with van der Waals surface area (Å²) in [6.07, 6.45) is 7.37. The molecule has 15 heavy (non-hydrogen) atoms. The van der Waals surface area contributed by atoms with Gasteiger partial charge in [0.15, 0.2) is 0 Å². The number of nitrogens with zero attached hydrogens (tertiary/aromatic N) is 1. The van der Waals surface area contributed by atoms with Crippen LogP contribution in [0.5, 0.6) is 0 Å². The molecule has 0 radical (unpaired) electrons. The van der Waals surface area contributed by atoms with Gasteiger partial charge < -0.3 is 10.1 Å². The van der Waals surface area contributed by atoms with Crippen LogP contribution in [0.3, 0.4) is 0 Å². The van der Waals surface area contributed by atoms with Crippen LogP contribution < -0.4 is 5.32 Å². The lowest BCUT2D eigenvalue weighted by atomic mass is 10.2. The van der Waals surface area contributed by atoms with Crippen molar-refractivity contribution < 1.29 is 9.53 Å². The van der Waals surface area contributed by atoms with Crippen LogP contribution in [-0.2, 0) is 16.0 Å². The average molecular weight is 206 g/mol. The molecule has 0 aliphatic heterocycles. The number of ether oxygens (including phenoxy) is 1. The van der Waals surface area contributed by atoms with Gasteiger partial charge in [0.05, 0.1) is 7.11 Å². The first-order chi connectivity index (χ1) is 7.33. The summed E-state index contributed by atoms with van der Waals surface area (Å²) in [5.74, 6) is -0.355. The standard InChI is InChI=1S/C11H14N2O2/c1-15-11(14)5-9-13-8-4-10-2-6-12-7-3-10/h2-3,5-7,9,13H,4,8H2,1H3/b9-5+. The minimum Gasteiger partial charge on any atom is -0.466 e. The van der Waals surface area contributed by atoms with Crippen LogP contribution in [0.4, 0.5) is 0 Å². The van der Waals surface area contributed by atoms with Crippen LogP contribution in [0.25, 0.3) is 0 Å². The Balaban J connectivity index is 2.17. The number of aromatic nitrogens is 1. The molecule has 1 rings (SSSR count). The van der Waals surface area contributed by atoms with Crippen LogP contribution in [-0.4, -0.2) is 24.6 Å². The molecule has 0 aliphatic rings. The third-order valence-electron chi connectivity index (χ3n) is 1.85. The van der Waals surface area contributed by atoms with Crippen LogP contribution in [0.1, 0.15) is 5.56 Å². The number of carbonyl (C=O) groups is 1. The van der Waals surface area contributed by atoms with Crippen molar-refractivity contribution in [3.63, 3.8) is 0 Å². The van der Waals surface area contributed by atoms with E-state index in [1.165, 1.54) is 18.7 Å². The zero-order valence-electron chi connectivity index (χ0n) is 8.64. The third-order valence-corrected chi connectivity index (χ3v) is 1.85. The summed E-state index contributed by atoms with van der Waals surface area (Å²) in [4.78, 5) is 14.6. The number of pyridine rings is 1. The molecule has 0 aromatic carbocycles. The van der Waals surface area contributed by atoms with E-state index in [-0.39, 0.29) is 5.97 Å². The Labute approximate surface area is 89.0 Å². The van der Waals surface area contributed by atoms with Crippen molar-refractivity contribution in [2.24, 2.45) is 0 Å². The lowest BCUT2D eigenvalue weighted by Crippen LogP contribution is -2.10. The first kappa shape index (κ1) is 11.2. The van der Waals surface area contributed by atoms with Gasteiger partial charge in [-0.15, -0.1) is 0 Å². The summed E-state index contributed by atoms with van der Waals surface area (Å²) in [7, 11) is 1.35. The highest BCUT2D eigenvalue weighted by Gasteiger charge is 1.91. The topological polar surface area (TPSA) is 51.2 Å². The second-order valence-corrected chi connectivity index (χ2v) is 2.92. The number of hydrogen-bond donors (Lipinski definition) is 1. The smallest absolute Gasteiger partial charge is 0.331 e. The van der Waals surface area contributed by atoms with Gasteiger partial charge in [0.25, 0.3) is 0 Å². The van der Waals surface area contributed by atoms with Gasteiger partial charge in [0, 0.05) is 31.2 Å². The Morgan fingerprint density at radius 2 is 2.27 bits per heavy atom. The Hall–Kier alpha value is -1.84. The van der Waals surface area contributed by atoms with Crippen molar-refractivity contribution in [3.05, 3.63) is 42.4 Å². The first-order valence-corrected chi connectivity index (χ1v) is 4.69. The van der Waals surface area contributed by atoms with E-state index in [9.17, 15) is 4.79 Å². The summed E-state index contributed by atoms with van der Waals surface area (Å²) in [5.41, 5.74) is 1.21. The summed E-state index contributed by atoms with van der Waals surface area (Å²) < 4.78 is 4.44. The van der Waals surface area contributed by atoms with E-state index >= 15 is 0 Å². The maximum Gasteiger partial charge on any atom is 0.331 e. The van der Waals surface area contributed by atoms with Gasteiger partial charge in [-0.05, 0) is 24.1 Å². The van der Waals surface area contributed by atoms with Crippen LogP contribution in [0, 0.1) is 0 Å². The highest BCUT2D eigenvalue weighted by Crippen LogP contribution is 1.95. The molecule has 0 bridgehead atoms. The molecule has 0 amide bonds. The van der Waals surface area contributed by atoms with Crippen molar-refractivity contribution in [1.82, 2.24) is 10.3 Å². The molecule has 0 spiro atoms. The maximum atomic E-state index is 10.7. The normalized spacial score (nSPS) is 10.2. The average Bonchev–Trinajstić information content (AvgIpc) is 2.29. The van der Waals surface area contributed by atoms with Crippen molar-refractivity contribution in [2.45, 2.75) is 6.42 Å². The van der Waals surface area contributed by atoms with Crippen LogP contribution >= 0.6 is 0 Å². The lowest BCUT2D eigenvalue weighted by molar-refractivity contribution is -0.134. The molecule has 1 heterocycles. The Bertz CT molecular complexity index is 323. The number of nitrogens with one attached hydrogen (secondary N) is 1. The molecule has 1 aromatic heterocycles. The predicted molar refractivity (Wildman–Crippen MR) is 57.1 cm³/mol. The van der Waals surface area contributed by atoms with Gasteiger partial charge in [-0.3, -0.25) is 4.98 Å². The molecule has 0 saturated carbocycles. The second kappa shape index (κ2) is 6.59. The Morgan fingerprint density at radius 1 is 1.53 bits per heavy atom. The number of methoxy groups -OCH3 is 1. The molecule has 1 N–H and O–H groups in total. The maximum absolute atomic E-state index is 10.7. The van der Waals surface area contributed by atoms with Crippen molar-refractivity contribution in [2.75, 3.05) is 13.7 Å². The lowest BCUT2D eigenvalue weighted by Gasteiger charge is -2.00. The van der Waals surface area contributed by atoms with Crippen molar-refractivity contribution >= 4 is 5.97 Å². The molecule has 80 valence electrons. The molecule has 0 atom stereocenters. The molecule has 0 fully saturated rings. The SMILES string of the molecule is COC(=O)/C=C/NCCc1ccncc1. The largest absolute Gasteiger partial charge is 0.466 e. The summed E-state index contributed by atoms with van der Waals surface area (Å²) in [6.45, 7) is 0.775. The minimum absolute atomic E-state index is 0.355. The Kier molecular flexibility index (Phi) is 4.94. The van der Waals surface area contributed by atoms with Gasteiger partial charge in [-0.2, -0.15) is 0 Å². The number of rotatable bonds is 5. The number of carbonyl (C=O) groups excluding carboxylic acids is 1. The first-order valence-electron chi connectivity index (χ1n) is 4.69. The van der Waals surface area contributed by atoms with E-state index in [2.05, 4.69) is 15.0 Å². The Morgan fingerprint density at radius 3 is 2.93 bits per heavy atom. The zero-order chi connectivity index (χ0) is 10.9. The van der Waals surface area contributed by atoms with E-state index in [1.54, 1.807) is 18.6 Å². The van der Waals surface area contributed by atoms with Gasteiger partial charge in [0.2, 0.25) is 0 Å². The van der Waals surface area contributed by atoms with E-state index in [0.717, 1.165) is 13.0 Å². The summed E-state index contributed by atoms with van der Waals surface area (Å²) >= 11 is 0. The number of hydrogen-bond acceptors (Lipinski definition) is 4. The quantitative estimate of drug-likeness (QED) is 0.442. The van der Waals surface area contributed by atoms with E-state index < -0.39 is 0 Å². The summed E-state index contributed by atoms with van der Waals surface area (Å²) in [6, 6.07) is 3.93. The van der Waals surface area contributed by atoms with Gasteiger partial charge in [0.1, 0.15) is 0 Å². The molecule has 0 aliphatic carbocycles. The molecular weight excluding hydrogens is 192 g/mol. The van der Waals surface area contributed by atoms with Crippen molar-refractivity contribution in [1.29, 1.82) is 0 Å². The molecule has 4 nitrogen and oxygen atoms in total. The van der Waals surface area contributed by atoms with Gasteiger partial charge >= 0.3 is 5.97 Å². The molecule has 4 heteroatoms. The molecule has 0 saturated heterocycles. The van der Waals surface area contributed by atoms with E-state index in [0.29, 0.717) is 0 Å². The van der Waals surface area contributed by atoms with Crippen molar-refractivity contribution in [3.8, 4) is 0 Å². The molecule has 1 aromatic rings. The predicted octanol–water partition coefficient (Wildman–Crippen LogP) is 0.900. The minimum atomic E-state index is -0.355. The fraction of sp³-hybridized carbons (Fsp3) is 0.273. The molecule has 0 unspecified atom stereocenters. The van der Waals surface area contributed by atoms with Gasteiger partial charge in [-0.1, -0.05) is 0 Å². The fourth-order valence-corrected chi connectivity index (χ4v) is 1.04. The van der Waals surface area contributed by atoms with Gasteiger partial charge in [-0.25, -0.2) is 4.79 Å². The number of esters is 1. The van der Waals surface area contributed by atoms with E-state index in [1.807, 2.05) is 12.1 Å². The van der Waals surface area contributed by atoms with Crippen LogP contribution in [0.15, 0.2) is 36.8 Å². The van der Waals surface area contributed by atoms with E-state index in [4.69, 9.17) is 0 Å².